The van der Waals surface area contributed by atoms with Crippen LogP contribution in [0, 0.1) is 25.6 Å². The summed E-state index contributed by atoms with van der Waals surface area (Å²) >= 11 is 1.53. The summed E-state index contributed by atoms with van der Waals surface area (Å²) in [6, 6.07) is 14.4. The number of ether oxygens (including phenoxy) is 3. The van der Waals surface area contributed by atoms with Crippen molar-refractivity contribution in [3.63, 3.8) is 0 Å². The van der Waals surface area contributed by atoms with E-state index in [1.807, 2.05) is 77.2 Å². The van der Waals surface area contributed by atoms with Crippen LogP contribution in [-0.4, -0.2) is 125 Å². The normalized spacial score (nSPS) is 17.6. The minimum absolute atomic E-state index is 0.0000305. The Morgan fingerprint density at radius 2 is 1.74 bits per heavy atom. The molecule has 19 nitrogen and oxygen atoms in total. The summed E-state index contributed by atoms with van der Waals surface area (Å²) in [6.45, 7) is 9.07. The third-order valence-corrected chi connectivity index (χ3v) is 17.2. The quantitative estimate of drug-likeness (QED) is 0.0509. The maximum Gasteiger partial charge on any atom is 0.319 e. The van der Waals surface area contributed by atoms with Crippen LogP contribution in [0.5, 0.6) is 11.8 Å². The summed E-state index contributed by atoms with van der Waals surface area (Å²) < 4.78 is 36.4. The number of carbonyl (C=O) groups is 2. The first kappa shape index (κ1) is 53.8. The number of aliphatic hydroxyl groups is 2. The number of β-amino-alcohol motifs (C(OH)–C–C–N with tert-alkyl or cyclic N) is 1. The lowest BCUT2D eigenvalue weighted by Crippen LogP contribution is -2.50. The van der Waals surface area contributed by atoms with E-state index in [4.69, 9.17) is 29.3 Å². The highest BCUT2D eigenvalue weighted by atomic mass is 32.1. The number of benzene rings is 4. The summed E-state index contributed by atoms with van der Waals surface area (Å²) in [5.41, 5.74) is 9.05. The lowest BCUT2D eigenvalue weighted by Gasteiger charge is -2.30. The molecule has 1 saturated heterocycles. The van der Waals surface area contributed by atoms with Gasteiger partial charge in [0, 0.05) is 77.6 Å². The number of hydrogen-bond donors (Lipinski definition) is 5. The number of aryl methyl sites for hydroxylation is 1. The number of nitrogens with zero attached hydrogens (tertiary/aromatic N) is 8. The molecule has 21 heteroatoms. The van der Waals surface area contributed by atoms with Gasteiger partial charge in [0.2, 0.25) is 11.8 Å². The Labute approximate surface area is 469 Å². The molecule has 4 aromatic carbocycles. The lowest BCUT2D eigenvalue weighted by atomic mass is 9.88. The number of fused-ring (bicyclic) bond motifs is 5. The SMILES string of the molecule is CO[C@@H](C)COc1nc(N(C)C2CC2)c2cc(C3CC3)c(-c3c(C)c(F)cc4[nH]ncc34)c(OCc3ccc4c(c3)[nH]c(=O)c3nn(C(C(=O)N5C[C@H](O)C[C@H]5C(=O)N[C@@H](CO)c5ccc(-c6scnc6C)cc5)C(C)C)cc34)c2n1. The third kappa shape index (κ3) is 10.1. The van der Waals surface area contributed by atoms with Crippen molar-refractivity contribution in [3.05, 3.63) is 117 Å². The average Bonchev–Trinajstić information content (AvgIpc) is 4.52. The van der Waals surface area contributed by atoms with E-state index in [9.17, 15) is 24.6 Å². The number of likely N-dealkylation sites (tertiary alicyclic amines) is 1. The number of H-pyrrole nitrogens is 2. The number of aromatic nitrogens is 8. The predicted octanol–water partition coefficient (Wildman–Crippen LogP) is 8.72. The van der Waals surface area contributed by atoms with Gasteiger partial charge >= 0.3 is 6.01 Å². The number of amides is 2. The number of aromatic amines is 2. The molecule has 3 fully saturated rings. The molecule has 5 N–H and O–H groups in total. The van der Waals surface area contributed by atoms with Gasteiger partial charge in [-0.2, -0.15) is 20.2 Å². The van der Waals surface area contributed by atoms with Crippen LogP contribution >= 0.6 is 11.3 Å². The molecular weight excluding hydrogens is 1050 g/mol. The first-order chi connectivity index (χ1) is 39.1. The van der Waals surface area contributed by atoms with E-state index in [0.29, 0.717) is 67.2 Å². The van der Waals surface area contributed by atoms with Crippen LogP contribution in [0.4, 0.5) is 10.2 Å². The van der Waals surface area contributed by atoms with Gasteiger partial charge in [-0.05, 0) is 104 Å². The van der Waals surface area contributed by atoms with Crippen molar-refractivity contribution < 1.29 is 38.4 Å². The number of halogens is 1. The zero-order valence-electron chi connectivity index (χ0n) is 46.1. The van der Waals surface area contributed by atoms with Crippen molar-refractivity contribution in [3.8, 4) is 33.3 Å². The molecule has 5 atom stereocenters. The number of aliphatic hydroxyl groups excluding tert-OH is 2. The molecule has 0 radical (unpaired) electrons. The summed E-state index contributed by atoms with van der Waals surface area (Å²) in [5, 5.41) is 39.1. The van der Waals surface area contributed by atoms with Crippen LogP contribution in [0.25, 0.3) is 65.2 Å². The van der Waals surface area contributed by atoms with Gasteiger partial charge in [-0.1, -0.05) is 50.2 Å². The molecule has 6 heterocycles. The van der Waals surface area contributed by atoms with Crippen LogP contribution in [-0.2, 0) is 20.9 Å². The smallest absolute Gasteiger partial charge is 0.319 e. The highest BCUT2D eigenvalue weighted by Gasteiger charge is 2.43. The molecule has 2 amide bonds. The summed E-state index contributed by atoms with van der Waals surface area (Å²) in [4.78, 5) is 65.0. The van der Waals surface area contributed by atoms with Gasteiger partial charge < -0.3 is 44.5 Å². The highest BCUT2D eigenvalue weighted by molar-refractivity contribution is 7.13. The molecule has 0 bridgehead atoms. The Bertz CT molecular complexity index is 3960. The number of nitrogens with one attached hydrogen (secondary N) is 3. The minimum atomic E-state index is -1.04. The molecule has 2 aliphatic carbocycles. The van der Waals surface area contributed by atoms with Gasteiger partial charge in [-0.15, -0.1) is 11.3 Å². The Kier molecular flexibility index (Phi) is 14.3. The minimum Gasteiger partial charge on any atom is -0.486 e. The Hall–Kier alpha value is -7.85. The zero-order valence-corrected chi connectivity index (χ0v) is 46.9. The second kappa shape index (κ2) is 21.6. The standard InChI is InChI=1S/C60H64FN11O8S/c1-29(2)53(59(77)71-23-38(74)19-48(71)57(75)65-47(25-73)35-11-13-36(14-12-35)55-32(5)62-28-81-55)72-24-43-39-17-8-33(18-45(39)64-58(76)52(43)69-72)27-79-54-50(49-31(4)44(61)21-46-42(49)22-63-68-46)40(34-9-10-34)20-41-51(54)66-60(80-26-30(3)78-7)67-56(41)70(6)37-15-16-37/h8,11-14,17-18,20-22,24,28-30,34,37-38,47-48,53,73-74H,9-10,15-16,19,23,25-27H2,1-7H3,(H,63,68)(H,64,76)(H,65,75)/t30-,38+,47-,48-,53?/m0/s1. The number of carbonyl (C=O) groups excluding carboxylic acids is 2. The van der Waals surface area contributed by atoms with Gasteiger partial charge in [0.25, 0.3) is 5.56 Å². The summed E-state index contributed by atoms with van der Waals surface area (Å²) in [5.74, 6) is -0.396. The molecule has 9 aromatic rings. The lowest BCUT2D eigenvalue weighted by molar-refractivity contribution is -0.142. The van der Waals surface area contributed by atoms with Gasteiger partial charge in [0.15, 0.2) is 11.3 Å². The number of anilines is 1. The van der Waals surface area contributed by atoms with Crippen LogP contribution < -0.4 is 25.2 Å². The third-order valence-electron chi connectivity index (χ3n) is 16.2. The van der Waals surface area contributed by atoms with Crippen molar-refractivity contribution in [1.29, 1.82) is 0 Å². The maximum absolute atomic E-state index is 16.1. The first-order valence-corrected chi connectivity index (χ1v) is 28.4. The van der Waals surface area contributed by atoms with Gasteiger partial charge in [-0.25, -0.2) is 9.37 Å². The van der Waals surface area contributed by atoms with Crippen LogP contribution in [0.3, 0.4) is 0 Å². The molecule has 2 saturated carbocycles. The molecule has 3 aliphatic rings. The van der Waals surface area contributed by atoms with E-state index in [-0.39, 0.29) is 55.6 Å². The number of methoxy groups -OCH3 is 1. The molecule has 12 rings (SSSR count). The second-order valence-electron chi connectivity index (χ2n) is 22.3. The van der Waals surface area contributed by atoms with E-state index in [0.717, 1.165) is 63.7 Å². The van der Waals surface area contributed by atoms with Crippen LogP contribution in [0.15, 0.2) is 77.3 Å². The van der Waals surface area contributed by atoms with E-state index in [1.54, 1.807) is 31.9 Å². The van der Waals surface area contributed by atoms with Crippen molar-refractivity contribution in [2.24, 2.45) is 5.92 Å². The molecule has 1 unspecified atom stereocenters. The van der Waals surface area contributed by atoms with E-state index in [2.05, 4.69) is 36.4 Å². The largest absolute Gasteiger partial charge is 0.486 e. The monoisotopic (exact) mass is 1120 g/mol. The highest BCUT2D eigenvalue weighted by Crippen LogP contribution is 2.53. The van der Waals surface area contributed by atoms with Crippen molar-refractivity contribution in [2.75, 3.05) is 38.8 Å². The Morgan fingerprint density at radius 3 is 2.44 bits per heavy atom. The van der Waals surface area contributed by atoms with E-state index >= 15 is 4.39 Å². The first-order valence-electron chi connectivity index (χ1n) is 27.5. The van der Waals surface area contributed by atoms with Gasteiger partial charge in [-0.3, -0.25) is 24.2 Å². The average molecular weight is 1120 g/mol. The maximum atomic E-state index is 16.1. The molecule has 1 aliphatic heterocycles. The topological polar surface area (TPSA) is 239 Å². The van der Waals surface area contributed by atoms with Crippen LogP contribution in [0.2, 0.25) is 0 Å². The van der Waals surface area contributed by atoms with Crippen molar-refractivity contribution in [1.82, 2.24) is 50.1 Å². The molecule has 420 valence electrons. The number of rotatable bonds is 19. The summed E-state index contributed by atoms with van der Waals surface area (Å²) in [7, 11) is 3.65. The Morgan fingerprint density at radius 1 is 0.951 bits per heavy atom. The van der Waals surface area contributed by atoms with E-state index < -0.39 is 54.0 Å². The number of thiazole rings is 1. The fourth-order valence-corrected chi connectivity index (χ4v) is 12.2. The molecular formula is C60H64FN11O8S. The van der Waals surface area contributed by atoms with Gasteiger partial charge in [0.05, 0.1) is 52.7 Å². The second-order valence-corrected chi connectivity index (χ2v) is 23.1. The van der Waals surface area contributed by atoms with Crippen LogP contribution in [0.1, 0.15) is 98.8 Å². The van der Waals surface area contributed by atoms with Gasteiger partial charge in [0.1, 0.15) is 42.4 Å². The predicted molar refractivity (Wildman–Crippen MR) is 307 cm³/mol. The number of hydrogen-bond acceptors (Lipinski definition) is 15. The van der Waals surface area contributed by atoms with E-state index in [1.165, 1.54) is 27.0 Å². The molecule has 81 heavy (non-hydrogen) atoms. The molecule has 5 aromatic heterocycles. The fourth-order valence-electron chi connectivity index (χ4n) is 11.4. The zero-order chi connectivity index (χ0) is 56.5. The Balaban J connectivity index is 0.872. The van der Waals surface area contributed by atoms with Crippen molar-refractivity contribution in [2.45, 2.75) is 116 Å². The number of pyridine rings is 1. The molecule has 0 spiro atoms. The van der Waals surface area contributed by atoms with Crippen molar-refractivity contribution >= 4 is 72.6 Å². The summed E-state index contributed by atoms with van der Waals surface area (Å²) in [6.07, 6.45) is 6.12. The fraction of sp³-hybridized carbons (Fsp3) is 0.400.